The van der Waals surface area contributed by atoms with Crippen LogP contribution in [0.15, 0.2) is 47.0 Å². The van der Waals surface area contributed by atoms with Gasteiger partial charge < -0.3 is 24.4 Å². The van der Waals surface area contributed by atoms with Crippen LogP contribution in [0.3, 0.4) is 0 Å². The number of aromatic nitrogens is 2. The quantitative estimate of drug-likeness (QED) is 0.549. The highest BCUT2D eigenvalue weighted by Crippen LogP contribution is 2.31. The van der Waals surface area contributed by atoms with Crippen molar-refractivity contribution in [2.75, 3.05) is 19.5 Å². The molecule has 30 heavy (non-hydrogen) atoms. The summed E-state index contributed by atoms with van der Waals surface area (Å²) in [6.07, 6.45) is 1.06. The van der Waals surface area contributed by atoms with Crippen LogP contribution >= 0.6 is 0 Å². The Hall–Kier alpha value is -3.88. The average molecular weight is 411 g/mol. The lowest BCUT2D eigenvalue weighted by molar-refractivity contribution is -0.116. The lowest BCUT2D eigenvalue weighted by Gasteiger charge is -2.07. The fraction of sp³-hybridized carbons (Fsp3) is 0.238. The van der Waals surface area contributed by atoms with Crippen LogP contribution in [0.2, 0.25) is 0 Å². The number of ether oxygens (including phenoxy) is 2. The van der Waals surface area contributed by atoms with Gasteiger partial charge in [0.25, 0.3) is 0 Å². The van der Waals surface area contributed by atoms with Gasteiger partial charge in [0.15, 0.2) is 11.5 Å². The SMILES string of the molecule is COc1ccc(-c2noc(CCCC(=O)Nc3ccccc3C(=O)O)n2)cc1OC. The average Bonchev–Trinajstić information content (AvgIpc) is 3.22. The van der Waals surface area contributed by atoms with Crippen molar-refractivity contribution in [3.8, 4) is 22.9 Å². The van der Waals surface area contributed by atoms with Crippen LogP contribution in [-0.4, -0.2) is 41.3 Å². The van der Waals surface area contributed by atoms with Crippen molar-refractivity contribution in [1.29, 1.82) is 0 Å². The van der Waals surface area contributed by atoms with Gasteiger partial charge in [0.05, 0.1) is 25.5 Å². The molecule has 0 radical (unpaired) electrons. The summed E-state index contributed by atoms with van der Waals surface area (Å²) in [5, 5.41) is 15.8. The fourth-order valence-electron chi connectivity index (χ4n) is 2.84. The van der Waals surface area contributed by atoms with Gasteiger partial charge in [-0.25, -0.2) is 4.79 Å². The first kappa shape index (κ1) is 20.8. The van der Waals surface area contributed by atoms with E-state index in [9.17, 15) is 9.59 Å². The molecule has 0 fully saturated rings. The minimum absolute atomic E-state index is 0.0438. The lowest BCUT2D eigenvalue weighted by Crippen LogP contribution is -2.14. The molecule has 2 aromatic carbocycles. The largest absolute Gasteiger partial charge is 0.493 e. The topological polar surface area (TPSA) is 124 Å². The number of aromatic carboxylic acids is 1. The maximum Gasteiger partial charge on any atom is 0.337 e. The molecule has 3 aromatic rings. The normalized spacial score (nSPS) is 10.5. The van der Waals surface area contributed by atoms with Gasteiger partial charge in [0.1, 0.15) is 0 Å². The second kappa shape index (κ2) is 9.55. The molecule has 0 bridgehead atoms. The molecule has 1 amide bonds. The summed E-state index contributed by atoms with van der Waals surface area (Å²) >= 11 is 0. The first-order valence-electron chi connectivity index (χ1n) is 9.19. The molecule has 1 heterocycles. The predicted molar refractivity (Wildman–Crippen MR) is 108 cm³/mol. The second-order valence-electron chi connectivity index (χ2n) is 6.33. The van der Waals surface area contributed by atoms with E-state index in [0.717, 1.165) is 0 Å². The van der Waals surface area contributed by atoms with Crippen molar-refractivity contribution in [3.63, 3.8) is 0 Å². The Morgan fingerprint density at radius 1 is 1.10 bits per heavy atom. The third-order valence-corrected chi connectivity index (χ3v) is 4.34. The number of methoxy groups -OCH3 is 2. The number of anilines is 1. The number of para-hydroxylation sites is 1. The number of carbonyl (C=O) groups excluding carboxylic acids is 1. The summed E-state index contributed by atoms with van der Waals surface area (Å²) < 4.78 is 15.7. The zero-order chi connectivity index (χ0) is 21.5. The molecule has 9 heteroatoms. The van der Waals surface area contributed by atoms with Crippen molar-refractivity contribution in [1.82, 2.24) is 10.1 Å². The van der Waals surface area contributed by atoms with Crippen LogP contribution in [-0.2, 0) is 11.2 Å². The molecule has 0 spiro atoms. The Kier molecular flexibility index (Phi) is 6.63. The molecule has 9 nitrogen and oxygen atoms in total. The van der Waals surface area contributed by atoms with Crippen LogP contribution in [0.25, 0.3) is 11.4 Å². The van der Waals surface area contributed by atoms with Crippen molar-refractivity contribution < 1.29 is 28.7 Å². The molecule has 156 valence electrons. The highest BCUT2D eigenvalue weighted by Gasteiger charge is 2.14. The Balaban J connectivity index is 1.56. The number of rotatable bonds is 9. The number of hydrogen-bond donors (Lipinski definition) is 2. The highest BCUT2D eigenvalue weighted by atomic mass is 16.5. The zero-order valence-electron chi connectivity index (χ0n) is 16.5. The molecular formula is C21H21N3O6. The Morgan fingerprint density at radius 2 is 1.87 bits per heavy atom. The molecule has 0 aliphatic heterocycles. The molecule has 1 aromatic heterocycles. The summed E-state index contributed by atoms with van der Waals surface area (Å²) in [6, 6.07) is 11.6. The van der Waals surface area contributed by atoms with Crippen molar-refractivity contribution in [3.05, 3.63) is 53.9 Å². The van der Waals surface area contributed by atoms with Gasteiger partial charge in [-0.3, -0.25) is 4.79 Å². The van der Waals surface area contributed by atoms with Gasteiger partial charge in [-0.2, -0.15) is 4.98 Å². The molecular weight excluding hydrogens is 390 g/mol. The van der Waals surface area contributed by atoms with E-state index in [0.29, 0.717) is 41.6 Å². The van der Waals surface area contributed by atoms with Gasteiger partial charge in [-0.1, -0.05) is 17.3 Å². The van der Waals surface area contributed by atoms with Crippen LogP contribution in [0, 0.1) is 0 Å². The first-order valence-corrected chi connectivity index (χ1v) is 9.19. The van der Waals surface area contributed by atoms with E-state index in [-0.39, 0.29) is 23.6 Å². The summed E-state index contributed by atoms with van der Waals surface area (Å²) in [5.74, 6) is 0.576. The van der Waals surface area contributed by atoms with Crippen LogP contribution in [0.1, 0.15) is 29.1 Å². The number of carbonyl (C=O) groups is 2. The number of carboxylic acids is 1. The van der Waals surface area contributed by atoms with Gasteiger partial charge >= 0.3 is 5.97 Å². The number of benzene rings is 2. The minimum atomic E-state index is -1.10. The maximum atomic E-state index is 12.1. The standard InChI is InChI=1S/C21H21N3O6/c1-28-16-11-10-13(12-17(16)29-2)20-23-19(30-24-20)9-5-8-18(25)22-15-7-4-3-6-14(15)21(26)27/h3-4,6-7,10-12H,5,8-9H2,1-2H3,(H,22,25)(H,26,27). The van der Waals surface area contributed by atoms with E-state index >= 15 is 0 Å². The van der Waals surface area contributed by atoms with E-state index in [1.54, 1.807) is 50.6 Å². The van der Waals surface area contributed by atoms with Crippen molar-refractivity contribution >= 4 is 17.6 Å². The van der Waals surface area contributed by atoms with Crippen LogP contribution in [0.5, 0.6) is 11.5 Å². The molecule has 0 aliphatic rings. The molecule has 0 aliphatic carbocycles. The second-order valence-corrected chi connectivity index (χ2v) is 6.33. The number of carboxylic acid groups (broad SMARTS) is 1. The van der Waals surface area contributed by atoms with Gasteiger partial charge in [-0.15, -0.1) is 0 Å². The monoisotopic (exact) mass is 411 g/mol. The lowest BCUT2D eigenvalue weighted by atomic mass is 10.1. The molecule has 3 rings (SSSR count). The number of aryl methyl sites for hydroxylation is 1. The van der Waals surface area contributed by atoms with E-state index < -0.39 is 5.97 Å². The smallest absolute Gasteiger partial charge is 0.337 e. The van der Waals surface area contributed by atoms with E-state index in [1.165, 1.54) is 6.07 Å². The summed E-state index contributed by atoms with van der Waals surface area (Å²) in [5.41, 5.74) is 1.02. The third kappa shape index (κ3) is 4.93. The molecule has 0 saturated carbocycles. The molecule has 0 atom stereocenters. The zero-order valence-corrected chi connectivity index (χ0v) is 16.5. The van der Waals surface area contributed by atoms with Crippen molar-refractivity contribution in [2.24, 2.45) is 0 Å². The predicted octanol–water partition coefficient (Wildman–Crippen LogP) is 3.41. The van der Waals surface area contributed by atoms with Gasteiger partial charge in [-0.05, 0) is 36.8 Å². The third-order valence-electron chi connectivity index (χ3n) is 4.34. The first-order chi connectivity index (χ1) is 14.5. The summed E-state index contributed by atoms with van der Waals surface area (Å²) in [7, 11) is 3.10. The summed E-state index contributed by atoms with van der Waals surface area (Å²) in [6.45, 7) is 0. The summed E-state index contributed by atoms with van der Waals surface area (Å²) in [4.78, 5) is 27.7. The van der Waals surface area contributed by atoms with E-state index in [2.05, 4.69) is 15.5 Å². The number of amides is 1. The van der Waals surface area contributed by atoms with Crippen LogP contribution in [0.4, 0.5) is 5.69 Å². The Labute approximate surface area is 172 Å². The number of nitrogens with zero attached hydrogens (tertiary/aromatic N) is 2. The van der Waals surface area contributed by atoms with Crippen LogP contribution < -0.4 is 14.8 Å². The Bertz CT molecular complexity index is 1050. The van der Waals surface area contributed by atoms with Gasteiger partial charge in [0.2, 0.25) is 17.6 Å². The molecule has 0 saturated heterocycles. The van der Waals surface area contributed by atoms with E-state index in [1.807, 2.05) is 0 Å². The maximum absolute atomic E-state index is 12.1. The van der Waals surface area contributed by atoms with Crippen molar-refractivity contribution in [2.45, 2.75) is 19.3 Å². The fourth-order valence-corrected chi connectivity index (χ4v) is 2.84. The highest BCUT2D eigenvalue weighted by molar-refractivity contribution is 6.00. The Morgan fingerprint density at radius 3 is 2.60 bits per heavy atom. The minimum Gasteiger partial charge on any atom is -0.493 e. The number of nitrogens with one attached hydrogen (secondary N) is 1. The molecule has 2 N–H and O–H groups in total. The van der Waals surface area contributed by atoms with E-state index in [4.69, 9.17) is 19.1 Å². The molecule has 0 unspecified atom stereocenters. The van der Waals surface area contributed by atoms with Gasteiger partial charge in [0, 0.05) is 18.4 Å². The number of hydrogen-bond acceptors (Lipinski definition) is 7.